The molecular formula is C12H19NO2. The van der Waals surface area contributed by atoms with Crippen molar-refractivity contribution >= 4 is 5.91 Å². The molecule has 0 aliphatic carbocycles. The van der Waals surface area contributed by atoms with Gasteiger partial charge in [0.15, 0.2) is 0 Å². The van der Waals surface area contributed by atoms with Crippen LogP contribution in [-0.4, -0.2) is 25.2 Å². The lowest BCUT2D eigenvalue weighted by Gasteiger charge is -2.24. The van der Waals surface area contributed by atoms with Gasteiger partial charge in [0.05, 0.1) is 0 Å². The van der Waals surface area contributed by atoms with Gasteiger partial charge in [0.25, 0.3) is 5.91 Å². The molecule has 1 unspecified atom stereocenters. The van der Waals surface area contributed by atoms with Crippen LogP contribution < -0.4 is 5.32 Å². The van der Waals surface area contributed by atoms with Crippen molar-refractivity contribution in [2.75, 3.05) is 13.2 Å². The third kappa shape index (κ3) is 4.85. The average Bonchev–Trinajstić information content (AvgIpc) is 2.19. The molecule has 1 aliphatic heterocycles. The molecular weight excluding hydrogens is 190 g/mol. The SMILES string of the molecule is CC#CC(=O)NC(C)CC1CCOCC1. The summed E-state index contributed by atoms with van der Waals surface area (Å²) in [6, 6.07) is 0.210. The molecule has 1 aliphatic rings. The lowest BCUT2D eigenvalue weighted by atomic mass is 9.93. The minimum absolute atomic E-state index is 0.169. The van der Waals surface area contributed by atoms with Gasteiger partial charge >= 0.3 is 0 Å². The fraction of sp³-hybridized carbons (Fsp3) is 0.750. The van der Waals surface area contributed by atoms with Crippen LogP contribution in [0.2, 0.25) is 0 Å². The summed E-state index contributed by atoms with van der Waals surface area (Å²) in [5.41, 5.74) is 0. The molecule has 1 atom stereocenters. The standard InChI is InChI=1S/C12H19NO2/c1-3-4-12(14)13-10(2)9-11-5-7-15-8-6-11/h10-11H,5-9H2,1-2H3,(H,13,14). The van der Waals surface area contributed by atoms with Crippen LogP contribution in [0.1, 0.15) is 33.1 Å². The Morgan fingerprint density at radius 2 is 2.20 bits per heavy atom. The normalized spacial score (nSPS) is 18.8. The van der Waals surface area contributed by atoms with E-state index in [1.54, 1.807) is 6.92 Å². The maximum absolute atomic E-state index is 11.2. The average molecular weight is 209 g/mol. The third-order valence-corrected chi connectivity index (χ3v) is 2.64. The van der Waals surface area contributed by atoms with Crippen molar-refractivity contribution in [2.24, 2.45) is 5.92 Å². The van der Waals surface area contributed by atoms with Gasteiger partial charge in [-0.05, 0) is 44.9 Å². The van der Waals surface area contributed by atoms with Crippen LogP contribution in [0, 0.1) is 17.8 Å². The zero-order valence-electron chi connectivity index (χ0n) is 9.51. The van der Waals surface area contributed by atoms with Crippen LogP contribution in [0.15, 0.2) is 0 Å². The van der Waals surface area contributed by atoms with Gasteiger partial charge in [0.1, 0.15) is 0 Å². The molecule has 0 aromatic rings. The number of nitrogens with one attached hydrogen (secondary N) is 1. The summed E-state index contributed by atoms with van der Waals surface area (Å²) in [6.07, 6.45) is 3.25. The summed E-state index contributed by atoms with van der Waals surface area (Å²) in [6.45, 7) is 5.42. The molecule has 0 saturated carbocycles. The lowest BCUT2D eigenvalue weighted by molar-refractivity contribution is -0.116. The van der Waals surface area contributed by atoms with Gasteiger partial charge < -0.3 is 10.1 Å². The fourth-order valence-corrected chi connectivity index (χ4v) is 1.91. The molecule has 1 amide bonds. The van der Waals surface area contributed by atoms with E-state index in [0.29, 0.717) is 5.92 Å². The summed E-state index contributed by atoms with van der Waals surface area (Å²) in [7, 11) is 0. The van der Waals surface area contributed by atoms with Gasteiger partial charge in [0.2, 0.25) is 0 Å². The van der Waals surface area contributed by atoms with E-state index in [9.17, 15) is 4.79 Å². The first-order valence-electron chi connectivity index (χ1n) is 5.53. The van der Waals surface area contributed by atoms with Crippen LogP contribution in [0.25, 0.3) is 0 Å². The van der Waals surface area contributed by atoms with Crippen LogP contribution in [0.3, 0.4) is 0 Å². The second-order valence-electron chi connectivity index (χ2n) is 4.04. The van der Waals surface area contributed by atoms with E-state index in [1.807, 2.05) is 6.92 Å². The summed E-state index contributed by atoms with van der Waals surface area (Å²) >= 11 is 0. The highest BCUT2D eigenvalue weighted by Gasteiger charge is 2.17. The molecule has 1 heterocycles. The van der Waals surface area contributed by atoms with Crippen LogP contribution in [-0.2, 0) is 9.53 Å². The molecule has 1 fully saturated rings. The minimum Gasteiger partial charge on any atom is -0.381 e. The molecule has 0 aromatic carbocycles. The first-order valence-corrected chi connectivity index (χ1v) is 5.53. The predicted octanol–water partition coefficient (Wildman–Crippen LogP) is 1.33. The van der Waals surface area contributed by atoms with Gasteiger partial charge in [-0.15, -0.1) is 0 Å². The monoisotopic (exact) mass is 209 g/mol. The highest BCUT2D eigenvalue weighted by atomic mass is 16.5. The van der Waals surface area contributed by atoms with Gasteiger partial charge in [-0.1, -0.05) is 5.92 Å². The Hall–Kier alpha value is -1.01. The van der Waals surface area contributed by atoms with Gasteiger partial charge in [-0.3, -0.25) is 4.79 Å². The molecule has 0 spiro atoms. The molecule has 1 N–H and O–H groups in total. The summed E-state index contributed by atoms with van der Waals surface area (Å²) in [5.74, 6) is 5.60. The van der Waals surface area contributed by atoms with E-state index >= 15 is 0 Å². The highest BCUT2D eigenvalue weighted by Crippen LogP contribution is 2.19. The molecule has 84 valence electrons. The highest BCUT2D eigenvalue weighted by molar-refractivity contribution is 5.93. The second kappa shape index (κ2) is 6.47. The number of rotatable bonds is 3. The molecule has 0 radical (unpaired) electrons. The number of carbonyl (C=O) groups excluding carboxylic acids is 1. The molecule has 1 saturated heterocycles. The maximum Gasteiger partial charge on any atom is 0.296 e. The number of hydrogen-bond acceptors (Lipinski definition) is 2. The number of carbonyl (C=O) groups is 1. The molecule has 15 heavy (non-hydrogen) atoms. The third-order valence-electron chi connectivity index (χ3n) is 2.64. The van der Waals surface area contributed by atoms with Gasteiger partial charge in [-0.25, -0.2) is 0 Å². The first kappa shape index (κ1) is 12.1. The van der Waals surface area contributed by atoms with Crippen LogP contribution in [0.4, 0.5) is 0 Å². The molecule has 1 rings (SSSR count). The fourth-order valence-electron chi connectivity index (χ4n) is 1.91. The van der Waals surface area contributed by atoms with E-state index in [4.69, 9.17) is 4.74 Å². The number of hydrogen-bond donors (Lipinski definition) is 1. The summed E-state index contributed by atoms with van der Waals surface area (Å²) in [5, 5.41) is 2.87. The topological polar surface area (TPSA) is 38.3 Å². The van der Waals surface area contributed by atoms with Gasteiger partial charge in [0, 0.05) is 19.3 Å². The Morgan fingerprint density at radius 1 is 1.53 bits per heavy atom. The van der Waals surface area contributed by atoms with Crippen molar-refractivity contribution in [2.45, 2.75) is 39.2 Å². The van der Waals surface area contributed by atoms with E-state index in [1.165, 1.54) is 0 Å². The Morgan fingerprint density at radius 3 is 2.80 bits per heavy atom. The molecule has 0 aromatic heterocycles. The van der Waals surface area contributed by atoms with Gasteiger partial charge in [-0.2, -0.15) is 0 Å². The zero-order valence-corrected chi connectivity index (χ0v) is 9.51. The molecule has 0 bridgehead atoms. The number of ether oxygens (including phenoxy) is 1. The Kier molecular flexibility index (Phi) is 5.20. The summed E-state index contributed by atoms with van der Waals surface area (Å²) < 4.78 is 5.29. The number of amides is 1. The first-order chi connectivity index (χ1) is 7.22. The lowest BCUT2D eigenvalue weighted by Crippen LogP contribution is -2.34. The Bertz CT molecular complexity index is 259. The van der Waals surface area contributed by atoms with Crippen molar-refractivity contribution in [3.05, 3.63) is 0 Å². The van der Waals surface area contributed by atoms with Crippen LogP contribution >= 0.6 is 0 Å². The van der Waals surface area contributed by atoms with E-state index in [-0.39, 0.29) is 11.9 Å². The van der Waals surface area contributed by atoms with E-state index in [2.05, 4.69) is 17.2 Å². The zero-order chi connectivity index (χ0) is 11.1. The minimum atomic E-state index is -0.169. The smallest absolute Gasteiger partial charge is 0.296 e. The Labute approximate surface area is 91.6 Å². The van der Waals surface area contributed by atoms with E-state index in [0.717, 1.165) is 32.5 Å². The van der Waals surface area contributed by atoms with Crippen molar-refractivity contribution in [1.29, 1.82) is 0 Å². The summed E-state index contributed by atoms with van der Waals surface area (Å²) in [4.78, 5) is 11.2. The van der Waals surface area contributed by atoms with E-state index < -0.39 is 0 Å². The van der Waals surface area contributed by atoms with Crippen molar-refractivity contribution in [3.63, 3.8) is 0 Å². The quantitative estimate of drug-likeness (QED) is 0.712. The van der Waals surface area contributed by atoms with Crippen molar-refractivity contribution in [3.8, 4) is 11.8 Å². The van der Waals surface area contributed by atoms with Crippen molar-refractivity contribution < 1.29 is 9.53 Å². The van der Waals surface area contributed by atoms with Crippen molar-refractivity contribution in [1.82, 2.24) is 5.32 Å². The Balaban J connectivity index is 2.24. The molecule has 3 nitrogen and oxygen atoms in total. The maximum atomic E-state index is 11.2. The molecule has 3 heteroatoms. The van der Waals surface area contributed by atoms with Crippen LogP contribution in [0.5, 0.6) is 0 Å². The largest absolute Gasteiger partial charge is 0.381 e. The predicted molar refractivity (Wildman–Crippen MR) is 59.2 cm³/mol. The second-order valence-corrected chi connectivity index (χ2v) is 4.04.